The molecule has 4 nitrogen and oxygen atoms in total. The average Bonchev–Trinajstić information content (AvgIpc) is 2.34. The fourth-order valence-corrected chi connectivity index (χ4v) is 1.67. The molecule has 0 aliphatic carbocycles. The topological polar surface area (TPSA) is 66.4 Å². The van der Waals surface area contributed by atoms with E-state index in [-0.39, 0.29) is 12.5 Å². The molecule has 102 valence electrons. The summed E-state index contributed by atoms with van der Waals surface area (Å²) in [5, 5.41) is 12.1. The number of carboxylic acid groups (broad SMARTS) is 1. The van der Waals surface area contributed by atoms with Gasteiger partial charge in [-0.2, -0.15) is 0 Å². The number of amides is 1. The molecule has 0 spiro atoms. The maximum Gasteiger partial charge on any atom is 0.308 e. The summed E-state index contributed by atoms with van der Waals surface area (Å²) in [6.45, 7) is 1.59. The third-order valence-corrected chi connectivity index (χ3v) is 2.94. The standard InChI is InChI=1S/C13H13Cl2NO3/c1-8(13(18)19)7-16-12(17)5-3-9-2-4-10(14)6-11(9)15/h2-6,8H,7H2,1H3,(H,16,17)(H,18,19). The average molecular weight is 302 g/mol. The molecule has 0 saturated heterocycles. The van der Waals surface area contributed by atoms with Gasteiger partial charge >= 0.3 is 5.97 Å². The summed E-state index contributed by atoms with van der Waals surface area (Å²) in [6, 6.07) is 4.93. The third kappa shape index (κ3) is 5.32. The molecule has 1 aromatic carbocycles. The van der Waals surface area contributed by atoms with Crippen LogP contribution in [0.25, 0.3) is 6.08 Å². The molecule has 0 saturated carbocycles. The first-order valence-electron chi connectivity index (χ1n) is 5.54. The van der Waals surface area contributed by atoms with E-state index in [0.717, 1.165) is 0 Å². The van der Waals surface area contributed by atoms with Crippen LogP contribution in [0.15, 0.2) is 24.3 Å². The molecular weight excluding hydrogens is 289 g/mol. The Kier molecular flexibility index (Phi) is 5.86. The summed E-state index contributed by atoms with van der Waals surface area (Å²) in [6.07, 6.45) is 2.84. The van der Waals surface area contributed by atoms with Gasteiger partial charge in [0.2, 0.25) is 5.91 Å². The molecule has 1 atom stereocenters. The number of carbonyl (C=O) groups excluding carboxylic acids is 1. The number of benzene rings is 1. The number of carbonyl (C=O) groups is 2. The van der Waals surface area contributed by atoms with Crippen molar-refractivity contribution in [1.29, 1.82) is 0 Å². The maximum absolute atomic E-state index is 11.5. The lowest BCUT2D eigenvalue weighted by atomic mass is 10.2. The molecule has 0 heterocycles. The molecular formula is C13H13Cl2NO3. The summed E-state index contributed by atoms with van der Waals surface area (Å²) in [5.74, 6) is -1.96. The first kappa shape index (κ1) is 15.5. The molecule has 0 aliphatic heterocycles. The van der Waals surface area contributed by atoms with Crippen LogP contribution in [-0.4, -0.2) is 23.5 Å². The second kappa shape index (κ2) is 7.16. The fraction of sp³-hybridized carbons (Fsp3) is 0.231. The summed E-state index contributed by atoms with van der Waals surface area (Å²) in [7, 11) is 0. The SMILES string of the molecule is CC(CNC(=O)C=Cc1ccc(Cl)cc1Cl)C(=O)O. The maximum atomic E-state index is 11.5. The third-order valence-electron chi connectivity index (χ3n) is 2.38. The van der Waals surface area contributed by atoms with Crippen LogP contribution in [-0.2, 0) is 9.59 Å². The van der Waals surface area contributed by atoms with Gasteiger partial charge in [-0.1, -0.05) is 36.2 Å². The van der Waals surface area contributed by atoms with Crippen molar-refractivity contribution in [3.8, 4) is 0 Å². The molecule has 0 aliphatic rings. The Morgan fingerprint density at radius 2 is 2.11 bits per heavy atom. The predicted molar refractivity (Wildman–Crippen MR) is 75.3 cm³/mol. The van der Waals surface area contributed by atoms with Crippen molar-refractivity contribution in [3.05, 3.63) is 39.9 Å². The molecule has 1 amide bonds. The van der Waals surface area contributed by atoms with Gasteiger partial charge in [-0.15, -0.1) is 0 Å². The van der Waals surface area contributed by atoms with E-state index in [0.29, 0.717) is 15.6 Å². The smallest absolute Gasteiger partial charge is 0.308 e. The monoisotopic (exact) mass is 301 g/mol. The van der Waals surface area contributed by atoms with Crippen molar-refractivity contribution in [2.75, 3.05) is 6.54 Å². The molecule has 19 heavy (non-hydrogen) atoms. The van der Waals surface area contributed by atoms with E-state index in [1.165, 1.54) is 13.0 Å². The number of hydrogen-bond donors (Lipinski definition) is 2. The van der Waals surface area contributed by atoms with Crippen LogP contribution in [0.5, 0.6) is 0 Å². The minimum absolute atomic E-state index is 0.0762. The Labute approximate surface area is 121 Å². The largest absolute Gasteiger partial charge is 0.481 e. The van der Waals surface area contributed by atoms with Crippen LogP contribution < -0.4 is 5.32 Å². The molecule has 0 radical (unpaired) electrons. The van der Waals surface area contributed by atoms with Gasteiger partial charge in [0.25, 0.3) is 0 Å². The van der Waals surface area contributed by atoms with Crippen LogP contribution in [0.4, 0.5) is 0 Å². The Hall–Kier alpha value is -1.52. The second-order valence-corrected chi connectivity index (χ2v) is 4.83. The normalized spacial score (nSPS) is 12.4. The van der Waals surface area contributed by atoms with Crippen molar-refractivity contribution < 1.29 is 14.7 Å². The van der Waals surface area contributed by atoms with E-state index in [4.69, 9.17) is 28.3 Å². The highest BCUT2D eigenvalue weighted by Crippen LogP contribution is 2.21. The van der Waals surface area contributed by atoms with Gasteiger partial charge in [0.05, 0.1) is 5.92 Å². The van der Waals surface area contributed by atoms with Crippen molar-refractivity contribution in [1.82, 2.24) is 5.32 Å². The van der Waals surface area contributed by atoms with Crippen molar-refractivity contribution in [2.24, 2.45) is 5.92 Å². The zero-order valence-corrected chi connectivity index (χ0v) is 11.7. The number of rotatable bonds is 5. The van der Waals surface area contributed by atoms with E-state index in [9.17, 15) is 9.59 Å². The molecule has 1 aromatic rings. The Morgan fingerprint density at radius 1 is 1.42 bits per heavy atom. The van der Waals surface area contributed by atoms with Crippen LogP contribution >= 0.6 is 23.2 Å². The van der Waals surface area contributed by atoms with Crippen molar-refractivity contribution in [3.63, 3.8) is 0 Å². The minimum Gasteiger partial charge on any atom is -0.481 e. The lowest BCUT2D eigenvalue weighted by Crippen LogP contribution is -2.30. The van der Waals surface area contributed by atoms with E-state index in [2.05, 4.69) is 5.32 Å². The predicted octanol–water partition coefficient (Wildman–Crippen LogP) is 2.84. The van der Waals surface area contributed by atoms with Gasteiger partial charge < -0.3 is 10.4 Å². The quantitative estimate of drug-likeness (QED) is 0.822. The molecule has 2 N–H and O–H groups in total. The number of hydrogen-bond acceptors (Lipinski definition) is 2. The molecule has 0 aromatic heterocycles. The van der Waals surface area contributed by atoms with Gasteiger partial charge in [0, 0.05) is 22.7 Å². The van der Waals surface area contributed by atoms with Crippen LogP contribution in [0.3, 0.4) is 0 Å². The number of aliphatic carboxylic acids is 1. The molecule has 1 rings (SSSR count). The molecule has 0 bridgehead atoms. The molecule has 1 unspecified atom stereocenters. The highest BCUT2D eigenvalue weighted by atomic mass is 35.5. The Morgan fingerprint density at radius 3 is 2.68 bits per heavy atom. The van der Waals surface area contributed by atoms with Gasteiger partial charge in [-0.3, -0.25) is 9.59 Å². The number of nitrogens with one attached hydrogen (secondary N) is 1. The molecule has 0 fully saturated rings. The Balaban J connectivity index is 2.56. The van der Waals surface area contributed by atoms with Crippen LogP contribution in [0.1, 0.15) is 12.5 Å². The van der Waals surface area contributed by atoms with Crippen molar-refractivity contribution in [2.45, 2.75) is 6.92 Å². The van der Waals surface area contributed by atoms with Gasteiger partial charge in [-0.25, -0.2) is 0 Å². The van der Waals surface area contributed by atoms with E-state index in [1.54, 1.807) is 24.3 Å². The first-order valence-corrected chi connectivity index (χ1v) is 6.29. The summed E-state index contributed by atoms with van der Waals surface area (Å²) < 4.78 is 0. The van der Waals surface area contributed by atoms with Crippen LogP contribution in [0, 0.1) is 5.92 Å². The van der Waals surface area contributed by atoms with Gasteiger partial charge in [0.1, 0.15) is 0 Å². The fourth-order valence-electron chi connectivity index (χ4n) is 1.20. The first-order chi connectivity index (χ1) is 8.90. The minimum atomic E-state index is -0.954. The van der Waals surface area contributed by atoms with E-state index >= 15 is 0 Å². The highest BCUT2D eigenvalue weighted by Gasteiger charge is 2.10. The van der Waals surface area contributed by atoms with Crippen molar-refractivity contribution >= 4 is 41.2 Å². The summed E-state index contributed by atoms with van der Waals surface area (Å²) in [5.41, 5.74) is 0.660. The zero-order chi connectivity index (χ0) is 14.4. The number of halogens is 2. The van der Waals surface area contributed by atoms with Gasteiger partial charge in [0.15, 0.2) is 0 Å². The summed E-state index contributed by atoms with van der Waals surface area (Å²) in [4.78, 5) is 22.0. The number of carboxylic acids is 1. The lowest BCUT2D eigenvalue weighted by Gasteiger charge is -2.06. The van der Waals surface area contributed by atoms with E-state index in [1.807, 2.05) is 0 Å². The second-order valence-electron chi connectivity index (χ2n) is 3.98. The lowest BCUT2D eigenvalue weighted by molar-refractivity contribution is -0.141. The summed E-state index contributed by atoms with van der Waals surface area (Å²) >= 11 is 11.7. The van der Waals surface area contributed by atoms with Crippen LogP contribution in [0.2, 0.25) is 10.0 Å². The van der Waals surface area contributed by atoms with E-state index < -0.39 is 11.9 Å². The highest BCUT2D eigenvalue weighted by molar-refractivity contribution is 6.35. The Bertz CT molecular complexity index is 515. The molecule has 6 heteroatoms. The van der Waals surface area contributed by atoms with Gasteiger partial charge in [-0.05, 0) is 23.8 Å². The zero-order valence-electron chi connectivity index (χ0n) is 10.2.